The first-order chi connectivity index (χ1) is 12.6. The third-order valence-electron chi connectivity index (χ3n) is 4.66. The smallest absolute Gasteiger partial charge is 0.262 e. The molecule has 26 heavy (non-hydrogen) atoms. The Labute approximate surface area is 155 Å². The van der Waals surface area contributed by atoms with Gasteiger partial charge in [-0.25, -0.2) is 0 Å². The van der Waals surface area contributed by atoms with E-state index in [1.165, 1.54) is 16.7 Å². The molecule has 0 aliphatic carbocycles. The Morgan fingerprint density at radius 3 is 2.69 bits per heavy atom. The molecule has 2 aromatic heterocycles. The van der Waals surface area contributed by atoms with Crippen LogP contribution in [0.4, 0.5) is 0 Å². The van der Waals surface area contributed by atoms with Gasteiger partial charge in [0.25, 0.3) is 5.56 Å². The maximum atomic E-state index is 12.7. The molecule has 132 valence electrons. The predicted octanol–water partition coefficient (Wildman–Crippen LogP) is 3.97. The van der Waals surface area contributed by atoms with Crippen LogP contribution in [0.1, 0.15) is 23.6 Å². The number of aromatic nitrogens is 4. The van der Waals surface area contributed by atoms with Gasteiger partial charge in [0.2, 0.25) is 5.78 Å². The topological polar surface area (TPSA) is 52.2 Å². The minimum absolute atomic E-state index is 0.0194. The van der Waals surface area contributed by atoms with E-state index < -0.39 is 0 Å². The Hall–Kier alpha value is -2.60. The molecule has 0 unspecified atom stereocenters. The van der Waals surface area contributed by atoms with Gasteiger partial charge in [-0.05, 0) is 44.0 Å². The van der Waals surface area contributed by atoms with Crippen molar-refractivity contribution >= 4 is 28.4 Å². The minimum atomic E-state index is -0.0194. The lowest BCUT2D eigenvalue weighted by Crippen LogP contribution is -2.22. The fourth-order valence-corrected chi connectivity index (χ4v) is 4.21. The molecule has 0 radical (unpaired) electrons. The molecule has 0 bridgehead atoms. The normalized spacial score (nSPS) is 11.5. The Bertz CT molecular complexity index is 1180. The van der Waals surface area contributed by atoms with Crippen molar-refractivity contribution in [2.75, 3.05) is 0 Å². The van der Waals surface area contributed by atoms with Crippen molar-refractivity contribution in [1.29, 1.82) is 0 Å². The summed E-state index contributed by atoms with van der Waals surface area (Å²) in [6.07, 6.45) is 0. The summed E-state index contributed by atoms with van der Waals surface area (Å²) in [5.74, 6) is 1.41. The molecule has 0 aliphatic heterocycles. The van der Waals surface area contributed by atoms with Gasteiger partial charge in [0, 0.05) is 12.3 Å². The molecule has 0 saturated heterocycles. The van der Waals surface area contributed by atoms with E-state index in [9.17, 15) is 4.79 Å². The number of nitrogens with zero attached hydrogens (tertiary/aromatic N) is 4. The SMILES string of the molecule is CCn1c(=O)c2ccccc2n2c(SCc3cc(C)ccc3C)nnc12. The van der Waals surface area contributed by atoms with E-state index in [1.807, 2.05) is 35.6 Å². The van der Waals surface area contributed by atoms with E-state index in [2.05, 4.69) is 42.2 Å². The second-order valence-electron chi connectivity index (χ2n) is 6.40. The van der Waals surface area contributed by atoms with Crippen LogP contribution in [0.25, 0.3) is 16.7 Å². The van der Waals surface area contributed by atoms with Crippen molar-refractivity contribution in [2.24, 2.45) is 0 Å². The highest BCUT2D eigenvalue weighted by molar-refractivity contribution is 7.98. The molecule has 0 spiro atoms. The number of hydrogen-bond donors (Lipinski definition) is 0. The van der Waals surface area contributed by atoms with Gasteiger partial charge in [-0.1, -0.05) is 47.7 Å². The summed E-state index contributed by atoms with van der Waals surface area (Å²) in [6, 6.07) is 14.1. The Morgan fingerprint density at radius 1 is 1.08 bits per heavy atom. The summed E-state index contributed by atoms with van der Waals surface area (Å²) in [5.41, 5.74) is 4.65. The first-order valence-corrected chi connectivity index (χ1v) is 9.64. The van der Waals surface area contributed by atoms with Crippen LogP contribution in [0.3, 0.4) is 0 Å². The fraction of sp³-hybridized carbons (Fsp3) is 0.250. The number of fused-ring (bicyclic) bond motifs is 3. The van der Waals surface area contributed by atoms with Crippen LogP contribution in [0.5, 0.6) is 0 Å². The second kappa shape index (κ2) is 6.61. The first-order valence-electron chi connectivity index (χ1n) is 8.65. The molecular formula is C20H20N4OS. The molecular weight excluding hydrogens is 344 g/mol. The predicted molar refractivity (Wildman–Crippen MR) is 106 cm³/mol. The van der Waals surface area contributed by atoms with Gasteiger partial charge < -0.3 is 0 Å². The molecule has 0 aliphatic rings. The summed E-state index contributed by atoms with van der Waals surface area (Å²) < 4.78 is 3.67. The van der Waals surface area contributed by atoms with E-state index in [-0.39, 0.29) is 5.56 Å². The molecule has 0 atom stereocenters. The second-order valence-corrected chi connectivity index (χ2v) is 7.35. The van der Waals surface area contributed by atoms with Gasteiger partial charge in [-0.2, -0.15) is 0 Å². The maximum absolute atomic E-state index is 12.7. The van der Waals surface area contributed by atoms with E-state index >= 15 is 0 Å². The van der Waals surface area contributed by atoms with E-state index in [0.717, 1.165) is 16.4 Å². The quantitative estimate of drug-likeness (QED) is 0.514. The zero-order valence-electron chi connectivity index (χ0n) is 15.1. The van der Waals surface area contributed by atoms with Crippen molar-refractivity contribution in [3.63, 3.8) is 0 Å². The lowest BCUT2D eigenvalue weighted by molar-refractivity contribution is 0.733. The molecule has 6 heteroatoms. The van der Waals surface area contributed by atoms with Gasteiger partial charge in [0.1, 0.15) is 0 Å². The number of hydrogen-bond acceptors (Lipinski definition) is 4. The molecule has 0 amide bonds. The maximum Gasteiger partial charge on any atom is 0.262 e. The molecule has 5 nitrogen and oxygen atoms in total. The standard InChI is InChI=1S/C20H20N4OS/c1-4-23-18(25)16-7-5-6-8-17(16)24-19(23)21-22-20(24)26-12-15-11-13(2)9-10-14(15)3/h5-11H,4,12H2,1-3H3. The number of benzene rings is 2. The number of rotatable bonds is 4. The first kappa shape index (κ1) is 16.8. The zero-order chi connectivity index (χ0) is 18.3. The largest absolute Gasteiger partial charge is 0.277 e. The molecule has 4 rings (SSSR count). The van der Waals surface area contributed by atoms with Gasteiger partial charge >= 0.3 is 0 Å². The van der Waals surface area contributed by atoms with Crippen LogP contribution in [-0.2, 0) is 12.3 Å². The number of para-hydroxylation sites is 1. The highest BCUT2D eigenvalue weighted by Gasteiger charge is 2.16. The van der Waals surface area contributed by atoms with Crippen LogP contribution in [0.15, 0.2) is 52.4 Å². The average molecular weight is 364 g/mol. The van der Waals surface area contributed by atoms with Gasteiger partial charge in [-0.15, -0.1) is 10.2 Å². The number of aryl methyl sites for hydroxylation is 3. The molecule has 0 saturated carbocycles. The summed E-state index contributed by atoms with van der Waals surface area (Å²) in [5, 5.41) is 10.2. The van der Waals surface area contributed by atoms with Gasteiger partial charge in [0.15, 0.2) is 5.16 Å². The molecule has 4 aromatic rings. The summed E-state index contributed by atoms with van der Waals surface area (Å²) >= 11 is 1.65. The van der Waals surface area contributed by atoms with E-state index in [0.29, 0.717) is 17.7 Å². The number of thioether (sulfide) groups is 1. The third-order valence-corrected chi connectivity index (χ3v) is 5.63. The van der Waals surface area contributed by atoms with Crippen LogP contribution >= 0.6 is 11.8 Å². The lowest BCUT2D eigenvalue weighted by Gasteiger charge is -2.10. The van der Waals surface area contributed by atoms with Crippen LogP contribution in [0, 0.1) is 13.8 Å². The van der Waals surface area contributed by atoms with Crippen molar-refractivity contribution in [2.45, 2.75) is 38.2 Å². The van der Waals surface area contributed by atoms with Crippen LogP contribution in [0.2, 0.25) is 0 Å². The van der Waals surface area contributed by atoms with E-state index in [4.69, 9.17) is 0 Å². The zero-order valence-corrected chi connectivity index (χ0v) is 15.9. The summed E-state index contributed by atoms with van der Waals surface area (Å²) in [7, 11) is 0. The highest BCUT2D eigenvalue weighted by Crippen LogP contribution is 2.26. The molecule has 2 heterocycles. The minimum Gasteiger partial charge on any atom is -0.277 e. The van der Waals surface area contributed by atoms with Crippen molar-refractivity contribution in [3.05, 3.63) is 69.5 Å². The highest BCUT2D eigenvalue weighted by atomic mass is 32.2. The Balaban J connectivity index is 1.85. The van der Waals surface area contributed by atoms with Crippen molar-refractivity contribution in [3.8, 4) is 0 Å². The summed E-state index contributed by atoms with van der Waals surface area (Å²) in [6.45, 7) is 6.75. The average Bonchev–Trinajstić information content (AvgIpc) is 3.07. The third kappa shape index (κ3) is 2.70. The Kier molecular flexibility index (Phi) is 4.28. The fourth-order valence-electron chi connectivity index (χ4n) is 3.21. The van der Waals surface area contributed by atoms with Crippen molar-refractivity contribution in [1.82, 2.24) is 19.2 Å². The molecule has 2 aromatic carbocycles. The van der Waals surface area contributed by atoms with Gasteiger partial charge in [-0.3, -0.25) is 13.8 Å². The summed E-state index contributed by atoms with van der Waals surface area (Å²) in [4.78, 5) is 12.7. The molecule has 0 N–H and O–H groups in total. The van der Waals surface area contributed by atoms with Crippen LogP contribution in [-0.4, -0.2) is 19.2 Å². The van der Waals surface area contributed by atoms with Crippen LogP contribution < -0.4 is 5.56 Å². The van der Waals surface area contributed by atoms with E-state index in [1.54, 1.807) is 16.3 Å². The monoisotopic (exact) mass is 364 g/mol. The molecule has 0 fully saturated rings. The lowest BCUT2D eigenvalue weighted by atomic mass is 10.1. The van der Waals surface area contributed by atoms with Gasteiger partial charge in [0.05, 0.1) is 10.9 Å². The Morgan fingerprint density at radius 2 is 1.88 bits per heavy atom. The van der Waals surface area contributed by atoms with Crippen molar-refractivity contribution < 1.29 is 0 Å².